The van der Waals surface area contributed by atoms with Crippen LogP contribution in [0.5, 0.6) is 5.75 Å². The fourth-order valence-corrected chi connectivity index (χ4v) is 9.26. The molecule has 0 bridgehead atoms. The molecule has 56 heavy (non-hydrogen) atoms. The van der Waals surface area contributed by atoms with E-state index in [-0.39, 0.29) is 52.9 Å². The van der Waals surface area contributed by atoms with Crippen LogP contribution in [0.1, 0.15) is 83.6 Å². The Morgan fingerprint density at radius 3 is 2.34 bits per heavy atom. The van der Waals surface area contributed by atoms with Crippen molar-refractivity contribution in [3.05, 3.63) is 87.9 Å². The Morgan fingerprint density at radius 2 is 1.68 bits per heavy atom. The van der Waals surface area contributed by atoms with Gasteiger partial charge in [-0.15, -0.1) is 0 Å². The fourth-order valence-electron chi connectivity index (χ4n) is 9.05. The van der Waals surface area contributed by atoms with Crippen LogP contribution in [0.4, 0.5) is 11.4 Å². The summed E-state index contributed by atoms with van der Waals surface area (Å²) in [5.74, 6) is -1.62. The number of hydrogen-bond donors (Lipinski definition) is 3. The van der Waals surface area contributed by atoms with Crippen LogP contribution in [-0.2, 0) is 9.59 Å². The maximum Gasteiger partial charge on any atom is 0.264 e. The third kappa shape index (κ3) is 7.19. The highest BCUT2D eigenvalue weighted by molar-refractivity contribution is 6.31. The number of fused-ring (bicyclic) bond motifs is 1. The van der Waals surface area contributed by atoms with E-state index in [9.17, 15) is 29.2 Å². The molecular weight excluding hydrogens is 734 g/mol. The molecule has 2 saturated heterocycles. The third-order valence-electron chi connectivity index (χ3n) is 11.7. The standard InChI is InChI=1S/C42H46ClN7O6/c1-41(2)39(42(3,4)40(41)56-28-14-11-26(24-44)30(43)23-28)47-35(52)25-9-12-27(13-10-25)49-21-19-48(20-22-49)18-6-17-45-31-8-5-7-29-34(31)38(55)50(37(29)54)32-15-16-33(51)46-36(32)53/h5,7-14,23,32,39-40,45H,6,15-22H2,1-4H3,(H,47,52)(H,46,51,53). The Kier molecular flexibility index (Phi) is 10.6. The predicted molar refractivity (Wildman–Crippen MR) is 211 cm³/mol. The van der Waals surface area contributed by atoms with Gasteiger partial charge in [0.25, 0.3) is 17.7 Å². The number of hydrogen-bond acceptors (Lipinski definition) is 10. The first-order chi connectivity index (χ1) is 26.7. The van der Waals surface area contributed by atoms with Crippen LogP contribution in [0, 0.1) is 22.2 Å². The molecule has 5 amide bonds. The van der Waals surface area contributed by atoms with Crippen molar-refractivity contribution in [1.29, 1.82) is 5.26 Å². The molecule has 1 atom stereocenters. The summed E-state index contributed by atoms with van der Waals surface area (Å²) >= 11 is 6.24. The summed E-state index contributed by atoms with van der Waals surface area (Å²) in [5, 5.41) is 18.4. The van der Waals surface area contributed by atoms with E-state index in [1.165, 1.54) is 0 Å². The molecule has 4 aliphatic rings. The summed E-state index contributed by atoms with van der Waals surface area (Å²) in [7, 11) is 0. The van der Waals surface area contributed by atoms with Crippen LogP contribution in [0.15, 0.2) is 60.7 Å². The molecule has 3 N–H and O–H groups in total. The minimum Gasteiger partial charge on any atom is -0.489 e. The molecule has 0 spiro atoms. The topological polar surface area (TPSA) is 164 Å². The van der Waals surface area contributed by atoms with Crippen molar-refractivity contribution >= 4 is 52.5 Å². The SMILES string of the molecule is CC1(C)C(NC(=O)c2ccc(N3CCN(CCCNc4cccc5c4C(=O)N(C4CCC(=O)NC4=O)C5=O)CC3)cc2)C(C)(C)C1Oc1ccc(C#N)c(Cl)c1. The molecule has 292 valence electrons. The monoisotopic (exact) mass is 779 g/mol. The van der Waals surface area contributed by atoms with Gasteiger partial charge in [-0.05, 0) is 67.9 Å². The molecule has 3 aliphatic heterocycles. The number of nitriles is 1. The maximum atomic E-state index is 13.5. The van der Waals surface area contributed by atoms with Crippen LogP contribution >= 0.6 is 11.6 Å². The van der Waals surface area contributed by atoms with Gasteiger partial charge >= 0.3 is 0 Å². The van der Waals surface area contributed by atoms with Crippen molar-refractivity contribution in [1.82, 2.24) is 20.4 Å². The number of rotatable bonds is 11. The number of nitrogens with one attached hydrogen (secondary N) is 3. The number of imide groups is 2. The van der Waals surface area contributed by atoms with Crippen molar-refractivity contribution < 1.29 is 28.7 Å². The van der Waals surface area contributed by atoms with Gasteiger partial charge in [-0.1, -0.05) is 45.4 Å². The first-order valence-electron chi connectivity index (χ1n) is 19.0. The van der Waals surface area contributed by atoms with Crippen molar-refractivity contribution in [2.45, 2.75) is 65.1 Å². The smallest absolute Gasteiger partial charge is 0.264 e. The van der Waals surface area contributed by atoms with Crippen LogP contribution in [0.2, 0.25) is 5.02 Å². The number of carbonyl (C=O) groups excluding carboxylic acids is 5. The summed E-state index contributed by atoms with van der Waals surface area (Å²) in [4.78, 5) is 69.7. The van der Waals surface area contributed by atoms with Crippen molar-refractivity contribution in [2.75, 3.05) is 49.5 Å². The van der Waals surface area contributed by atoms with Crippen molar-refractivity contribution in [3.8, 4) is 11.8 Å². The Balaban J connectivity index is 0.863. The zero-order chi connectivity index (χ0) is 39.9. The highest BCUT2D eigenvalue weighted by atomic mass is 35.5. The lowest BCUT2D eigenvalue weighted by Crippen LogP contribution is -2.74. The van der Waals surface area contributed by atoms with Crippen molar-refractivity contribution in [3.63, 3.8) is 0 Å². The number of piperidine rings is 1. The van der Waals surface area contributed by atoms with Gasteiger partial charge in [0.05, 0.1) is 21.7 Å². The average Bonchev–Trinajstić information content (AvgIpc) is 3.43. The number of halogens is 1. The molecule has 0 radical (unpaired) electrons. The van der Waals surface area contributed by atoms with Gasteiger partial charge in [0.2, 0.25) is 11.8 Å². The molecule has 3 aromatic rings. The minimum atomic E-state index is -1.000. The Hall–Kier alpha value is -5.45. The molecule has 0 aromatic heterocycles. The van der Waals surface area contributed by atoms with Crippen LogP contribution in [0.3, 0.4) is 0 Å². The number of carbonyl (C=O) groups is 5. The van der Waals surface area contributed by atoms with Gasteiger partial charge in [0.1, 0.15) is 24.0 Å². The number of piperazine rings is 1. The summed E-state index contributed by atoms with van der Waals surface area (Å²) in [6.45, 7) is 13.2. The minimum absolute atomic E-state index is 0.0748. The van der Waals surface area contributed by atoms with Crippen LogP contribution in [0.25, 0.3) is 0 Å². The van der Waals surface area contributed by atoms with Gasteiger partial charge in [-0.3, -0.25) is 39.1 Å². The number of amides is 5. The lowest BCUT2D eigenvalue weighted by Gasteiger charge is -2.63. The molecule has 3 heterocycles. The Bertz CT molecular complexity index is 2110. The first kappa shape index (κ1) is 38.8. The van der Waals surface area contributed by atoms with E-state index < -0.39 is 29.7 Å². The number of anilines is 2. The van der Waals surface area contributed by atoms with E-state index in [4.69, 9.17) is 16.3 Å². The Labute approximate surface area is 331 Å². The van der Waals surface area contributed by atoms with Gasteiger partial charge in [-0.25, -0.2) is 0 Å². The number of ether oxygens (including phenoxy) is 1. The van der Waals surface area contributed by atoms with E-state index in [0.717, 1.165) is 49.7 Å². The van der Waals surface area contributed by atoms with E-state index in [1.807, 2.05) is 24.3 Å². The second kappa shape index (κ2) is 15.2. The maximum absolute atomic E-state index is 13.5. The summed E-state index contributed by atoms with van der Waals surface area (Å²) in [6, 6.07) is 18.8. The van der Waals surface area contributed by atoms with Gasteiger partial charge in [0, 0.05) is 79.0 Å². The molecule has 1 saturated carbocycles. The molecule has 3 aromatic carbocycles. The molecule has 7 rings (SSSR count). The zero-order valence-electron chi connectivity index (χ0n) is 32.0. The lowest BCUT2D eigenvalue weighted by molar-refractivity contribution is -0.164. The van der Waals surface area contributed by atoms with E-state index in [1.54, 1.807) is 36.4 Å². The van der Waals surface area contributed by atoms with E-state index in [0.29, 0.717) is 34.1 Å². The van der Waals surface area contributed by atoms with Crippen molar-refractivity contribution in [2.24, 2.45) is 10.8 Å². The van der Waals surface area contributed by atoms with Gasteiger partial charge in [-0.2, -0.15) is 5.26 Å². The quantitative estimate of drug-likeness (QED) is 0.181. The molecule has 1 unspecified atom stereocenters. The summed E-state index contributed by atoms with van der Waals surface area (Å²) in [5.41, 5.74) is 2.40. The Morgan fingerprint density at radius 1 is 0.964 bits per heavy atom. The average molecular weight is 780 g/mol. The van der Waals surface area contributed by atoms with Gasteiger partial charge < -0.3 is 20.3 Å². The lowest BCUT2D eigenvalue weighted by atomic mass is 9.49. The third-order valence-corrected chi connectivity index (χ3v) is 12.0. The van der Waals surface area contributed by atoms with Crippen LogP contribution < -0.4 is 25.6 Å². The molecular formula is C42H46ClN7O6. The van der Waals surface area contributed by atoms with E-state index >= 15 is 0 Å². The van der Waals surface area contributed by atoms with Crippen LogP contribution in [-0.4, -0.2) is 96.8 Å². The van der Waals surface area contributed by atoms with E-state index in [2.05, 4.69) is 59.5 Å². The predicted octanol–water partition coefficient (Wildman–Crippen LogP) is 4.85. The molecule has 3 fully saturated rings. The highest BCUT2D eigenvalue weighted by Crippen LogP contribution is 2.55. The highest BCUT2D eigenvalue weighted by Gasteiger charge is 2.64. The molecule has 14 heteroatoms. The molecule has 1 aliphatic carbocycles. The number of nitrogens with zero attached hydrogens (tertiary/aromatic N) is 4. The molecule has 13 nitrogen and oxygen atoms in total. The second-order valence-corrected chi connectivity index (χ2v) is 16.5. The summed E-state index contributed by atoms with van der Waals surface area (Å²) in [6.07, 6.45) is 0.817. The second-order valence-electron chi connectivity index (χ2n) is 16.1. The largest absolute Gasteiger partial charge is 0.489 e. The normalized spacial score (nSPS) is 22.8. The summed E-state index contributed by atoms with van der Waals surface area (Å²) < 4.78 is 6.36. The van der Waals surface area contributed by atoms with Gasteiger partial charge in [0.15, 0.2) is 0 Å². The number of benzene rings is 3. The fraction of sp³-hybridized carbons (Fsp3) is 0.429. The zero-order valence-corrected chi connectivity index (χ0v) is 32.7. The first-order valence-corrected chi connectivity index (χ1v) is 19.4.